The average Bonchev–Trinajstić information content (AvgIpc) is 2.93. The third-order valence-corrected chi connectivity index (χ3v) is 2.85. The van der Waals surface area contributed by atoms with Gasteiger partial charge >= 0.3 is 0 Å². The molecule has 0 radical (unpaired) electrons. The minimum atomic E-state index is 0.0449. The summed E-state index contributed by atoms with van der Waals surface area (Å²) in [7, 11) is 1.81. The Hall–Kier alpha value is -2.31. The standard InChI is InChI=1S/C13H20N6O/c1-3-5-15-11(20)4-6-16-12-13-17-7-8-19(13)9-10(14-2)18-12/h7-9,14H,3-6H2,1-2H3,(H,15,20)(H,16,18). The molecule has 7 nitrogen and oxygen atoms in total. The molecule has 0 fully saturated rings. The van der Waals surface area contributed by atoms with E-state index in [-0.39, 0.29) is 5.91 Å². The summed E-state index contributed by atoms with van der Waals surface area (Å²) in [6.45, 7) is 3.27. The summed E-state index contributed by atoms with van der Waals surface area (Å²) in [6.07, 6.45) is 6.80. The van der Waals surface area contributed by atoms with Gasteiger partial charge in [-0.15, -0.1) is 0 Å². The molecule has 2 heterocycles. The molecule has 2 aromatic rings. The number of amides is 1. The van der Waals surface area contributed by atoms with Crippen molar-refractivity contribution >= 4 is 23.2 Å². The molecule has 0 atom stereocenters. The normalized spacial score (nSPS) is 10.5. The largest absolute Gasteiger partial charge is 0.372 e. The number of anilines is 2. The number of carbonyl (C=O) groups is 1. The van der Waals surface area contributed by atoms with E-state index >= 15 is 0 Å². The first-order valence-corrected chi connectivity index (χ1v) is 6.76. The Kier molecular flexibility index (Phi) is 4.75. The van der Waals surface area contributed by atoms with Gasteiger partial charge in [-0.3, -0.25) is 4.79 Å². The first-order valence-electron chi connectivity index (χ1n) is 6.76. The Morgan fingerprint density at radius 1 is 1.40 bits per heavy atom. The summed E-state index contributed by atoms with van der Waals surface area (Å²) in [4.78, 5) is 20.2. The zero-order valence-corrected chi connectivity index (χ0v) is 11.8. The second kappa shape index (κ2) is 6.74. The molecule has 1 amide bonds. The Bertz CT molecular complexity index is 579. The number of carbonyl (C=O) groups excluding carboxylic acids is 1. The molecule has 0 saturated heterocycles. The fourth-order valence-electron chi connectivity index (χ4n) is 1.82. The van der Waals surface area contributed by atoms with Crippen molar-refractivity contribution in [1.82, 2.24) is 19.7 Å². The predicted octanol–water partition coefficient (Wildman–Crippen LogP) is 1.10. The topological polar surface area (TPSA) is 83.3 Å². The maximum atomic E-state index is 11.5. The van der Waals surface area contributed by atoms with Gasteiger partial charge in [-0.05, 0) is 6.42 Å². The smallest absolute Gasteiger partial charge is 0.221 e. The molecular formula is C13H20N6O. The van der Waals surface area contributed by atoms with Crippen molar-refractivity contribution in [2.75, 3.05) is 30.8 Å². The van der Waals surface area contributed by atoms with E-state index in [0.717, 1.165) is 24.4 Å². The fourth-order valence-corrected chi connectivity index (χ4v) is 1.82. The van der Waals surface area contributed by atoms with Crippen molar-refractivity contribution in [3.63, 3.8) is 0 Å². The SMILES string of the molecule is CCCNC(=O)CCNc1nc(NC)cn2ccnc12. The summed E-state index contributed by atoms with van der Waals surface area (Å²) in [5.74, 6) is 1.46. The highest BCUT2D eigenvalue weighted by molar-refractivity contribution is 5.76. The molecule has 0 bridgehead atoms. The Morgan fingerprint density at radius 2 is 2.25 bits per heavy atom. The van der Waals surface area contributed by atoms with Crippen molar-refractivity contribution in [1.29, 1.82) is 0 Å². The van der Waals surface area contributed by atoms with Gasteiger partial charge in [-0.2, -0.15) is 0 Å². The number of nitrogens with zero attached hydrogens (tertiary/aromatic N) is 3. The van der Waals surface area contributed by atoms with Crippen LogP contribution in [0, 0.1) is 0 Å². The zero-order chi connectivity index (χ0) is 14.4. The van der Waals surface area contributed by atoms with Gasteiger partial charge in [0.1, 0.15) is 5.82 Å². The predicted molar refractivity (Wildman–Crippen MR) is 78.9 cm³/mol. The Labute approximate surface area is 117 Å². The van der Waals surface area contributed by atoms with Crippen LogP contribution in [0.25, 0.3) is 5.65 Å². The summed E-state index contributed by atoms with van der Waals surface area (Å²) >= 11 is 0. The number of hydrogen-bond donors (Lipinski definition) is 3. The molecular weight excluding hydrogens is 256 g/mol. The van der Waals surface area contributed by atoms with Crippen molar-refractivity contribution in [2.24, 2.45) is 0 Å². The second-order valence-electron chi connectivity index (χ2n) is 4.41. The van der Waals surface area contributed by atoms with E-state index in [1.165, 1.54) is 0 Å². The lowest BCUT2D eigenvalue weighted by molar-refractivity contribution is -0.120. The van der Waals surface area contributed by atoms with Crippen LogP contribution in [0.2, 0.25) is 0 Å². The Morgan fingerprint density at radius 3 is 3.00 bits per heavy atom. The van der Waals surface area contributed by atoms with Gasteiger partial charge in [-0.25, -0.2) is 9.97 Å². The summed E-state index contributed by atoms with van der Waals surface area (Å²) in [5.41, 5.74) is 0.748. The van der Waals surface area contributed by atoms with E-state index < -0.39 is 0 Å². The second-order valence-corrected chi connectivity index (χ2v) is 4.41. The van der Waals surface area contributed by atoms with Crippen molar-refractivity contribution in [2.45, 2.75) is 19.8 Å². The van der Waals surface area contributed by atoms with E-state index in [2.05, 4.69) is 25.9 Å². The molecule has 2 aromatic heterocycles. The number of imidazole rings is 1. The van der Waals surface area contributed by atoms with Crippen molar-refractivity contribution in [3.8, 4) is 0 Å². The molecule has 20 heavy (non-hydrogen) atoms. The molecule has 0 aromatic carbocycles. The molecule has 108 valence electrons. The molecule has 0 aliphatic heterocycles. The van der Waals surface area contributed by atoms with E-state index in [1.807, 2.05) is 30.8 Å². The number of hydrogen-bond acceptors (Lipinski definition) is 5. The van der Waals surface area contributed by atoms with E-state index in [9.17, 15) is 4.79 Å². The van der Waals surface area contributed by atoms with Crippen LogP contribution < -0.4 is 16.0 Å². The van der Waals surface area contributed by atoms with Gasteiger partial charge in [0, 0.05) is 39.0 Å². The van der Waals surface area contributed by atoms with E-state index in [4.69, 9.17) is 0 Å². The highest BCUT2D eigenvalue weighted by Gasteiger charge is 2.07. The van der Waals surface area contributed by atoms with Crippen LogP contribution in [-0.2, 0) is 4.79 Å². The minimum absolute atomic E-state index is 0.0449. The summed E-state index contributed by atoms with van der Waals surface area (Å²) < 4.78 is 1.89. The summed E-state index contributed by atoms with van der Waals surface area (Å²) in [6, 6.07) is 0. The molecule has 0 spiro atoms. The monoisotopic (exact) mass is 276 g/mol. The molecule has 0 aliphatic carbocycles. The van der Waals surface area contributed by atoms with Gasteiger partial charge < -0.3 is 20.4 Å². The van der Waals surface area contributed by atoms with Gasteiger partial charge in [-0.1, -0.05) is 6.92 Å². The lowest BCUT2D eigenvalue weighted by Gasteiger charge is -2.09. The lowest BCUT2D eigenvalue weighted by Crippen LogP contribution is -2.26. The highest BCUT2D eigenvalue weighted by atomic mass is 16.1. The molecule has 7 heteroatoms. The molecule has 2 rings (SSSR count). The van der Waals surface area contributed by atoms with Crippen LogP contribution in [0.1, 0.15) is 19.8 Å². The van der Waals surface area contributed by atoms with Crippen molar-refractivity contribution in [3.05, 3.63) is 18.6 Å². The van der Waals surface area contributed by atoms with Crippen LogP contribution in [0.3, 0.4) is 0 Å². The number of nitrogens with one attached hydrogen (secondary N) is 3. The average molecular weight is 276 g/mol. The third kappa shape index (κ3) is 3.37. The van der Waals surface area contributed by atoms with Crippen LogP contribution >= 0.6 is 0 Å². The molecule has 0 aliphatic rings. The van der Waals surface area contributed by atoms with Crippen LogP contribution in [0.5, 0.6) is 0 Å². The van der Waals surface area contributed by atoms with Gasteiger partial charge in [0.2, 0.25) is 5.91 Å². The van der Waals surface area contributed by atoms with Crippen molar-refractivity contribution < 1.29 is 4.79 Å². The van der Waals surface area contributed by atoms with Crippen LogP contribution in [-0.4, -0.2) is 40.4 Å². The first-order chi connectivity index (χ1) is 9.74. The molecule has 0 unspecified atom stereocenters. The molecule has 3 N–H and O–H groups in total. The lowest BCUT2D eigenvalue weighted by atomic mass is 10.3. The number of fused-ring (bicyclic) bond motifs is 1. The number of rotatable bonds is 7. The third-order valence-electron chi connectivity index (χ3n) is 2.85. The van der Waals surface area contributed by atoms with Crippen LogP contribution in [0.15, 0.2) is 18.6 Å². The van der Waals surface area contributed by atoms with E-state index in [1.54, 1.807) is 6.20 Å². The Balaban J connectivity index is 1.98. The fraction of sp³-hybridized carbons (Fsp3) is 0.462. The number of aromatic nitrogens is 3. The maximum absolute atomic E-state index is 11.5. The first kappa shape index (κ1) is 14.1. The van der Waals surface area contributed by atoms with Crippen LogP contribution in [0.4, 0.5) is 11.6 Å². The van der Waals surface area contributed by atoms with Gasteiger partial charge in [0.25, 0.3) is 0 Å². The minimum Gasteiger partial charge on any atom is -0.372 e. The molecule has 0 saturated carbocycles. The van der Waals surface area contributed by atoms with E-state index in [0.29, 0.717) is 18.8 Å². The quantitative estimate of drug-likeness (QED) is 0.705. The summed E-state index contributed by atoms with van der Waals surface area (Å²) in [5, 5.41) is 9.00. The van der Waals surface area contributed by atoms with Gasteiger partial charge in [0.15, 0.2) is 11.5 Å². The zero-order valence-electron chi connectivity index (χ0n) is 11.8. The van der Waals surface area contributed by atoms with Gasteiger partial charge in [0.05, 0.1) is 6.20 Å². The highest BCUT2D eigenvalue weighted by Crippen LogP contribution is 2.15. The maximum Gasteiger partial charge on any atom is 0.221 e.